The number of piperidine rings is 1. The maximum Gasteiger partial charge on any atom is 0.573 e. The Labute approximate surface area is 205 Å². The zero-order chi connectivity index (χ0) is 25.9. The van der Waals surface area contributed by atoms with Gasteiger partial charge in [-0.05, 0) is 35.9 Å². The molecule has 2 N–H and O–H groups in total. The molecule has 11 heteroatoms. The molecule has 0 saturated carbocycles. The van der Waals surface area contributed by atoms with E-state index < -0.39 is 12.3 Å². The van der Waals surface area contributed by atoms with Crippen molar-refractivity contribution >= 4 is 11.8 Å². The molecular weight excluding hydrogens is 477 g/mol. The van der Waals surface area contributed by atoms with Gasteiger partial charge in [-0.25, -0.2) is 4.98 Å². The van der Waals surface area contributed by atoms with Gasteiger partial charge in [0.2, 0.25) is 5.91 Å². The van der Waals surface area contributed by atoms with Crippen molar-refractivity contribution in [2.75, 3.05) is 13.1 Å². The number of amides is 2. The summed E-state index contributed by atoms with van der Waals surface area (Å²) in [5.41, 5.74) is 7.89. The summed E-state index contributed by atoms with van der Waals surface area (Å²) in [7, 11) is 1.85. The maximum atomic E-state index is 12.7. The number of carbonyl (C=O) groups excluding carboxylic acids is 2. The molecule has 0 radical (unpaired) electrons. The molecule has 0 atom stereocenters. The molecule has 2 aromatic carbocycles. The third-order valence-electron chi connectivity index (χ3n) is 5.85. The van der Waals surface area contributed by atoms with Crippen LogP contribution in [0.1, 0.15) is 28.8 Å². The number of primary amides is 1. The first kappa shape index (κ1) is 25.1. The highest BCUT2D eigenvalue weighted by Crippen LogP contribution is 2.28. The number of likely N-dealkylation sites (tertiary alicyclic amines) is 1. The number of ether oxygens (including phenoxy) is 2. The van der Waals surface area contributed by atoms with Gasteiger partial charge >= 0.3 is 6.36 Å². The Morgan fingerprint density at radius 3 is 2.39 bits per heavy atom. The number of rotatable bonds is 7. The lowest BCUT2D eigenvalue weighted by molar-refractivity contribution is -0.274. The van der Waals surface area contributed by atoms with Crippen LogP contribution in [0.4, 0.5) is 13.2 Å². The van der Waals surface area contributed by atoms with Gasteiger partial charge in [-0.2, -0.15) is 0 Å². The van der Waals surface area contributed by atoms with Gasteiger partial charge in [-0.3, -0.25) is 9.59 Å². The SMILES string of the molecule is Cn1cnc(-c2ccc(OC3CCN(C(=O)Cc4ccc(OC(F)(F)F)cc4)CC3)c(C(N)=O)c2)c1. The predicted molar refractivity (Wildman–Crippen MR) is 124 cm³/mol. The predicted octanol–water partition coefficient (Wildman–Crippen LogP) is 3.70. The van der Waals surface area contributed by atoms with Gasteiger partial charge in [-0.15, -0.1) is 13.2 Å². The topological polar surface area (TPSA) is 99.7 Å². The number of hydrogen-bond acceptors (Lipinski definition) is 5. The van der Waals surface area contributed by atoms with Crippen LogP contribution in [0.2, 0.25) is 0 Å². The van der Waals surface area contributed by atoms with Crippen molar-refractivity contribution in [2.45, 2.75) is 31.7 Å². The van der Waals surface area contributed by atoms with Gasteiger partial charge in [0.1, 0.15) is 17.6 Å². The molecule has 1 saturated heterocycles. The van der Waals surface area contributed by atoms with Crippen molar-refractivity contribution < 1.29 is 32.2 Å². The normalized spacial score (nSPS) is 14.5. The number of carbonyl (C=O) groups is 2. The van der Waals surface area contributed by atoms with E-state index in [0.29, 0.717) is 42.9 Å². The first-order valence-electron chi connectivity index (χ1n) is 11.3. The summed E-state index contributed by atoms with van der Waals surface area (Å²) in [6, 6.07) is 10.4. The molecule has 0 aliphatic carbocycles. The number of imidazole rings is 1. The molecule has 1 aliphatic heterocycles. The molecule has 3 aromatic rings. The maximum absolute atomic E-state index is 12.7. The van der Waals surface area contributed by atoms with Crippen LogP contribution in [0.3, 0.4) is 0 Å². The lowest BCUT2D eigenvalue weighted by Crippen LogP contribution is -2.42. The minimum Gasteiger partial charge on any atom is -0.489 e. The fourth-order valence-electron chi connectivity index (χ4n) is 4.04. The summed E-state index contributed by atoms with van der Waals surface area (Å²) >= 11 is 0. The van der Waals surface area contributed by atoms with Gasteiger partial charge in [0.05, 0.1) is 24.0 Å². The highest BCUT2D eigenvalue weighted by molar-refractivity contribution is 5.97. The van der Waals surface area contributed by atoms with Crippen LogP contribution in [-0.2, 0) is 18.3 Å². The highest BCUT2D eigenvalue weighted by atomic mass is 19.4. The number of halogens is 3. The van der Waals surface area contributed by atoms with E-state index in [4.69, 9.17) is 10.5 Å². The van der Waals surface area contributed by atoms with E-state index >= 15 is 0 Å². The summed E-state index contributed by atoms with van der Waals surface area (Å²) in [4.78, 5) is 30.7. The second-order valence-corrected chi connectivity index (χ2v) is 8.57. The molecule has 2 amide bonds. The lowest BCUT2D eigenvalue weighted by Gasteiger charge is -2.32. The molecule has 1 aromatic heterocycles. The van der Waals surface area contributed by atoms with Crippen LogP contribution < -0.4 is 15.2 Å². The zero-order valence-corrected chi connectivity index (χ0v) is 19.5. The Morgan fingerprint density at radius 2 is 1.81 bits per heavy atom. The molecule has 0 unspecified atom stereocenters. The largest absolute Gasteiger partial charge is 0.573 e. The summed E-state index contributed by atoms with van der Waals surface area (Å²) < 4.78 is 48.6. The molecule has 190 valence electrons. The summed E-state index contributed by atoms with van der Waals surface area (Å²) in [6.45, 7) is 0.910. The van der Waals surface area contributed by atoms with Gasteiger partial charge in [0.15, 0.2) is 0 Å². The molecule has 8 nitrogen and oxygen atoms in total. The van der Waals surface area contributed by atoms with Gasteiger partial charge in [0.25, 0.3) is 5.91 Å². The zero-order valence-electron chi connectivity index (χ0n) is 19.5. The van der Waals surface area contributed by atoms with E-state index in [9.17, 15) is 22.8 Å². The van der Waals surface area contributed by atoms with E-state index in [-0.39, 0.29) is 29.7 Å². The molecule has 0 bridgehead atoms. The fraction of sp³-hybridized carbons (Fsp3) is 0.320. The highest BCUT2D eigenvalue weighted by Gasteiger charge is 2.31. The summed E-state index contributed by atoms with van der Waals surface area (Å²) in [6.07, 6.45) is -0.281. The van der Waals surface area contributed by atoms with Crippen molar-refractivity contribution in [1.29, 1.82) is 0 Å². The molecule has 0 spiro atoms. The van der Waals surface area contributed by atoms with E-state index in [2.05, 4.69) is 9.72 Å². The van der Waals surface area contributed by atoms with E-state index in [1.165, 1.54) is 24.3 Å². The number of benzene rings is 2. The van der Waals surface area contributed by atoms with Crippen LogP contribution in [0.25, 0.3) is 11.3 Å². The number of alkyl halides is 3. The van der Waals surface area contributed by atoms with Crippen molar-refractivity contribution in [1.82, 2.24) is 14.5 Å². The molecule has 1 fully saturated rings. The van der Waals surface area contributed by atoms with Crippen LogP contribution in [0.15, 0.2) is 55.0 Å². The monoisotopic (exact) mass is 502 g/mol. The number of aryl methyl sites for hydroxylation is 1. The Hall–Kier alpha value is -4.02. The lowest BCUT2D eigenvalue weighted by atomic mass is 10.0. The van der Waals surface area contributed by atoms with Crippen LogP contribution in [-0.4, -0.2) is 51.8 Å². The minimum atomic E-state index is -4.76. The Morgan fingerprint density at radius 1 is 1.11 bits per heavy atom. The van der Waals surface area contributed by atoms with Crippen LogP contribution >= 0.6 is 0 Å². The molecule has 4 rings (SSSR count). The Kier molecular flexibility index (Phi) is 7.18. The number of hydrogen-bond donors (Lipinski definition) is 1. The average molecular weight is 502 g/mol. The van der Waals surface area contributed by atoms with Gasteiger partial charge in [-0.1, -0.05) is 12.1 Å². The van der Waals surface area contributed by atoms with Crippen molar-refractivity contribution in [3.63, 3.8) is 0 Å². The van der Waals surface area contributed by atoms with Crippen molar-refractivity contribution in [3.05, 3.63) is 66.1 Å². The number of aromatic nitrogens is 2. The van der Waals surface area contributed by atoms with Gasteiger partial charge in [0, 0.05) is 44.7 Å². The smallest absolute Gasteiger partial charge is 0.489 e. The first-order valence-corrected chi connectivity index (χ1v) is 11.3. The second kappa shape index (κ2) is 10.3. The van der Waals surface area contributed by atoms with Crippen LogP contribution in [0, 0.1) is 0 Å². The standard InChI is InChI=1S/C25H25F3N4O4/c1-31-14-21(30-15-31)17-4-7-22(20(13-17)24(29)34)35-18-8-10-32(11-9-18)23(33)12-16-2-5-19(6-3-16)36-25(26,27)28/h2-7,13-15,18H,8-12H2,1H3,(H2,29,34). The number of nitrogens with zero attached hydrogens (tertiary/aromatic N) is 3. The quantitative estimate of drug-likeness (QED) is 0.531. The molecule has 1 aliphatic rings. The van der Waals surface area contributed by atoms with Gasteiger partial charge < -0.3 is 24.7 Å². The van der Waals surface area contributed by atoms with Crippen molar-refractivity contribution in [3.8, 4) is 22.8 Å². The first-order chi connectivity index (χ1) is 17.1. The Balaban J connectivity index is 1.32. The van der Waals surface area contributed by atoms with E-state index in [1.54, 1.807) is 27.9 Å². The second-order valence-electron chi connectivity index (χ2n) is 8.57. The van der Waals surface area contributed by atoms with E-state index in [1.807, 2.05) is 19.3 Å². The third-order valence-corrected chi connectivity index (χ3v) is 5.85. The summed E-state index contributed by atoms with van der Waals surface area (Å²) in [5, 5.41) is 0. The average Bonchev–Trinajstić information content (AvgIpc) is 3.26. The fourth-order valence-corrected chi connectivity index (χ4v) is 4.04. The van der Waals surface area contributed by atoms with Crippen LogP contribution in [0.5, 0.6) is 11.5 Å². The summed E-state index contributed by atoms with van der Waals surface area (Å²) in [5.74, 6) is -0.689. The molecular formula is C25H25F3N4O4. The van der Waals surface area contributed by atoms with Crippen molar-refractivity contribution in [2.24, 2.45) is 12.8 Å². The third kappa shape index (κ3) is 6.35. The Bertz CT molecular complexity index is 1230. The van der Waals surface area contributed by atoms with E-state index in [0.717, 1.165) is 5.56 Å². The molecule has 36 heavy (non-hydrogen) atoms. The number of nitrogens with two attached hydrogens (primary N) is 1. The minimum absolute atomic E-state index is 0.0681. The molecule has 2 heterocycles.